The van der Waals surface area contributed by atoms with Gasteiger partial charge in [0.2, 0.25) is 0 Å². The van der Waals surface area contributed by atoms with Gasteiger partial charge in [0.1, 0.15) is 5.82 Å². The van der Waals surface area contributed by atoms with Crippen molar-refractivity contribution in [3.63, 3.8) is 0 Å². The van der Waals surface area contributed by atoms with Crippen LogP contribution in [0.4, 0.5) is 10.1 Å². The van der Waals surface area contributed by atoms with Crippen LogP contribution >= 0.6 is 11.6 Å². The maximum atomic E-state index is 13.1. The molecule has 4 heteroatoms. The van der Waals surface area contributed by atoms with Gasteiger partial charge in [-0.25, -0.2) is 4.39 Å². The molecule has 0 aliphatic carbocycles. The summed E-state index contributed by atoms with van der Waals surface area (Å²) in [6.45, 7) is 1.89. The third-order valence-electron chi connectivity index (χ3n) is 1.54. The van der Waals surface area contributed by atoms with E-state index >= 15 is 0 Å². The van der Waals surface area contributed by atoms with Crippen molar-refractivity contribution in [3.05, 3.63) is 29.0 Å². The SMILES string of the molecule is C[C@H](O)CNc1c(F)cccc1Cl. The molecule has 2 nitrogen and oxygen atoms in total. The fraction of sp³-hybridized carbons (Fsp3) is 0.333. The highest BCUT2D eigenvalue weighted by atomic mass is 35.5. The topological polar surface area (TPSA) is 32.3 Å². The molecule has 1 atom stereocenters. The Balaban J connectivity index is 2.75. The van der Waals surface area contributed by atoms with Gasteiger partial charge in [-0.05, 0) is 19.1 Å². The van der Waals surface area contributed by atoms with E-state index in [0.29, 0.717) is 5.02 Å². The van der Waals surface area contributed by atoms with Crippen LogP contribution in [0.3, 0.4) is 0 Å². The highest BCUT2D eigenvalue weighted by Gasteiger charge is 2.06. The number of benzene rings is 1. The van der Waals surface area contributed by atoms with Crippen molar-refractivity contribution >= 4 is 17.3 Å². The van der Waals surface area contributed by atoms with E-state index in [1.807, 2.05) is 0 Å². The van der Waals surface area contributed by atoms with Crippen molar-refractivity contribution in [1.29, 1.82) is 0 Å². The van der Waals surface area contributed by atoms with Gasteiger partial charge in [0.15, 0.2) is 0 Å². The zero-order chi connectivity index (χ0) is 9.84. The first-order valence-electron chi connectivity index (χ1n) is 3.97. The van der Waals surface area contributed by atoms with E-state index in [-0.39, 0.29) is 12.2 Å². The van der Waals surface area contributed by atoms with Crippen LogP contribution < -0.4 is 5.32 Å². The van der Waals surface area contributed by atoms with Crippen LogP contribution in [0.2, 0.25) is 5.02 Å². The molecule has 0 amide bonds. The zero-order valence-electron chi connectivity index (χ0n) is 7.22. The number of para-hydroxylation sites is 1. The van der Waals surface area contributed by atoms with E-state index in [4.69, 9.17) is 16.7 Å². The van der Waals surface area contributed by atoms with Crippen LogP contribution in [0.15, 0.2) is 18.2 Å². The van der Waals surface area contributed by atoms with E-state index in [0.717, 1.165) is 0 Å². The molecule has 1 aromatic rings. The number of nitrogens with one attached hydrogen (secondary N) is 1. The number of anilines is 1. The van der Waals surface area contributed by atoms with Gasteiger partial charge in [-0.3, -0.25) is 0 Å². The summed E-state index contributed by atoms with van der Waals surface area (Å²) in [5.41, 5.74) is 0.241. The lowest BCUT2D eigenvalue weighted by Gasteiger charge is -2.10. The number of rotatable bonds is 3. The second-order valence-corrected chi connectivity index (χ2v) is 3.23. The molecule has 1 aromatic carbocycles. The van der Waals surface area contributed by atoms with Gasteiger partial charge in [0.05, 0.1) is 16.8 Å². The van der Waals surface area contributed by atoms with Crippen molar-refractivity contribution in [2.75, 3.05) is 11.9 Å². The molecule has 0 bridgehead atoms. The number of halogens is 2. The Morgan fingerprint density at radius 2 is 2.31 bits per heavy atom. The summed E-state index contributed by atoms with van der Waals surface area (Å²) >= 11 is 5.73. The standard InChI is InChI=1S/C9H11ClFNO/c1-6(13)5-12-9-7(10)3-2-4-8(9)11/h2-4,6,12-13H,5H2,1H3/t6-/m0/s1. The first-order valence-corrected chi connectivity index (χ1v) is 4.35. The number of hydrogen-bond acceptors (Lipinski definition) is 2. The third-order valence-corrected chi connectivity index (χ3v) is 1.85. The minimum atomic E-state index is -0.532. The number of aliphatic hydroxyl groups is 1. The van der Waals surface area contributed by atoms with Gasteiger partial charge in [-0.15, -0.1) is 0 Å². The quantitative estimate of drug-likeness (QED) is 0.790. The molecule has 0 saturated carbocycles. The predicted octanol–water partition coefficient (Wildman–Crippen LogP) is 2.27. The van der Waals surface area contributed by atoms with E-state index in [2.05, 4.69) is 5.32 Å². The van der Waals surface area contributed by atoms with Gasteiger partial charge in [-0.1, -0.05) is 17.7 Å². The molecule has 72 valence electrons. The summed E-state index contributed by atoms with van der Waals surface area (Å²) in [6, 6.07) is 4.44. The summed E-state index contributed by atoms with van der Waals surface area (Å²) < 4.78 is 13.1. The molecule has 0 unspecified atom stereocenters. The molecule has 0 aromatic heterocycles. The molecule has 2 N–H and O–H groups in total. The second-order valence-electron chi connectivity index (χ2n) is 2.83. The zero-order valence-corrected chi connectivity index (χ0v) is 7.98. The van der Waals surface area contributed by atoms with Gasteiger partial charge in [0.25, 0.3) is 0 Å². The molecule has 0 heterocycles. The summed E-state index contributed by atoms with van der Waals surface area (Å²) in [7, 11) is 0. The molecular weight excluding hydrogens is 193 g/mol. The molecule has 0 saturated heterocycles. The van der Waals surface area contributed by atoms with Gasteiger partial charge in [0, 0.05) is 6.54 Å². The first-order chi connectivity index (χ1) is 6.11. The van der Waals surface area contributed by atoms with E-state index in [1.54, 1.807) is 13.0 Å². The minimum absolute atomic E-state index is 0.241. The fourth-order valence-electron chi connectivity index (χ4n) is 0.916. The molecule has 1 rings (SSSR count). The van der Waals surface area contributed by atoms with Crippen LogP contribution in [0, 0.1) is 5.82 Å². The molecule has 0 aliphatic heterocycles. The Bertz CT molecular complexity index is 271. The average molecular weight is 204 g/mol. The van der Waals surface area contributed by atoms with Crippen molar-refractivity contribution in [2.45, 2.75) is 13.0 Å². The maximum absolute atomic E-state index is 13.1. The molecule has 0 aliphatic rings. The lowest BCUT2D eigenvalue weighted by Crippen LogP contribution is -2.16. The summed E-state index contributed by atoms with van der Waals surface area (Å²) in [5, 5.41) is 12.0. The van der Waals surface area contributed by atoms with E-state index in [1.165, 1.54) is 12.1 Å². The molecular formula is C9H11ClFNO. The predicted molar refractivity (Wildman–Crippen MR) is 51.6 cm³/mol. The van der Waals surface area contributed by atoms with Crippen molar-refractivity contribution in [3.8, 4) is 0 Å². The number of hydrogen-bond donors (Lipinski definition) is 2. The monoisotopic (exact) mass is 203 g/mol. The maximum Gasteiger partial charge on any atom is 0.147 e. The Labute approximate surface area is 81.3 Å². The van der Waals surface area contributed by atoms with Crippen molar-refractivity contribution < 1.29 is 9.50 Å². The normalized spacial score (nSPS) is 12.6. The largest absolute Gasteiger partial charge is 0.392 e. The highest BCUT2D eigenvalue weighted by molar-refractivity contribution is 6.33. The Hall–Kier alpha value is -0.800. The van der Waals surface area contributed by atoms with Crippen LogP contribution in [-0.4, -0.2) is 17.8 Å². The second kappa shape index (κ2) is 4.44. The van der Waals surface area contributed by atoms with Gasteiger partial charge < -0.3 is 10.4 Å². The van der Waals surface area contributed by atoms with E-state index < -0.39 is 11.9 Å². The molecule has 13 heavy (non-hydrogen) atoms. The van der Waals surface area contributed by atoms with Crippen molar-refractivity contribution in [1.82, 2.24) is 0 Å². The third kappa shape index (κ3) is 2.86. The highest BCUT2D eigenvalue weighted by Crippen LogP contribution is 2.24. The van der Waals surface area contributed by atoms with Crippen LogP contribution in [0.1, 0.15) is 6.92 Å². The Kier molecular flexibility index (Phi) is 3.51. The smallest absolute Gasteiger partial charge is 0.147 e. The fourth-order valence-corrected chi connectivity index (χ4v) is 1.15. The average Bonchev–Trinajstić information content (AvgIpc) is 2.03. The molecule has 0 fully saturated rings. The summed E-state index contributed by atoms with van der Waals surface area (Å²) in [6.07, 6.45) is -0.532. The van der Waals surface area contributed by atoms with Gasteiger partial charge in [-0.2, -0.15) is 0 Å². The van der Waals surface area contributed by atoms with Crippen LogP contribution in [0.25, 0.3) is 0 Å². The minimum Gasteiger partial charge on any atom is -0.392 e. The Morgan fingerprint density at radius 1 is 1.62 bits per heavy atom. The number of aliphatic hydroxyl groups excluding tert-OH is 1. The molecule has 0 spiro atoms. The summed E-state index contributed by atoms with van der Waals surface area (Å²) in [5.74, 6) is -0.409. The van der Waals surface area contributed by atoms with E-state index in [9.17, 15) is 4.39 Å². The van der Waals surface area contributed by atoms with Gasteiger partial charge >= 0.3 is 0 Å². The summed E-state index contributed by atoms with van der Waals surface area (Å²) in [4.78, 5) is 0. The van der Waals surface area contributed by atoms with Crippen LogP contribution in [-0.2, 0) is 0 Å². The van der Waals surface area contributed by atoms with Crippen molar-refractivity contribution in [2.24, 2.45) is 0 Å². The first kappa shape index (κ1) is 10.3. The molecule has 0 radical (unpaired) electrons. The Morgan fingerprint density at radius 3 is 2.85 bits per heavy atom. The lowest BCUT2D eigenvalue weighted by atomic mass is 10.3. The van der Waals surface area contributed by atoms with Crippen LogP contribution in [0.5, 0.6) is 0 Å². The lowest BCUT2D eigenvalue weighted by molar-refractivity contribution is 0.208.